The van der Waals surface area contributed by atoms with Crippen molar-refractivity contribution in [3.8, 4) is 51.0 Å². The highest BCUT2D eigenvalue weighted by Gasteiger charge is 2.26. The van der Waals surface area contributed by atoms with Gasteiger partial charge in [0.2, 0.25) is 0 Å². The number of fused-ring (bicyclic) bond motifs is 8. The predicted molar refractivity (Wildman–Crippen MR) is 242 cm³/mol. The molecule has 59 heavy (non-hydrogen) atoms. The van der Waals surface area contributed by atoms with Crippen molar-refractivity contribution in [2.45, 2.75) is 0 Å². The number of anilines is 3. The van der Waals surface area contributed by atoms with Gasteiger partial charge in [0.25, 0.3) is 0 Å². The van der Waals surface area contributed by atoms with Gasteiger partial charge in [-0.15, -0.1) is 0 Å². The smallest absolute Gasteiger partial charge is 0.160 e. The van der Waals surface area contributed by atoms with Gasteiger partial charge in [-0.05, 0) is 94.7 Å². The molecule has 5 nitrogen and oxygen atoms in total. The summed E-state index contributed by atoms with van der Waals surface area (Å²) in [6.07, 6.45) is 0. The van der Waals surface area contributed by atoms with Crippen LogP contribution < -0.4 is 9.64 Å². The number of rotatable bonds is 5. The van der Waals surface area contributed by atoms with E-state index >= 15 is 0 Å². The van der Waals surface area contributed by atoms with E-state index in [2.05, 4.69) is 179 Å². The predicted octanol–water partition coefficient (Wildman–Crippen LogP) is 14.5. The first-order valence-electron chi connectivity index (χ1n) is 19.9. The van der Waals surface area contributed by atoms with E-state index in [1.807, 2.05) is 36.4 Å². The maximum absolute atomic E-state index is 6.62. The van der Waals surface area contributed by atoms with Crippen molar-refractivity contribution in [1.82, 2.24) is 14.5 Å². The molecule has 0 amide bonds. The molecular weight excluding hydrogens is 721 g/mol. The average Bonchev–Trinajstić information content (AvgIpc) is 3.65. The number of hydrogen-bond donors (Lipinski definition) is 0. The molecule has 1 aliphatic rings. The minimum Gasteiger partial charge on any atom is -0.453 e. The summed E-state index contributed by atoms with van der Waals surface area (Å²) < 4.78 is 9.00. The molecular formula is C54H34N4O. The van der Waals surface area contributed by atoms with E-state index in [1.54, 1.807) is 0 Å². The molecule has 0 spiro atoms. The fourth-order valence-electron chi connectivity index (χ4n) is 8.85. The first-order chi connectivity index (χ1) is 29.2. The molecule has 9 aromatic carbocycles. The summed E-state index contributed by atoms with van der Waals surface area (Å²) in [5.74, 6) is 2.35. The highest BCUT2D eigenvalue weighted by Crippen LogP contribution is 2.51. The largest absolute Gasteiger partial charge is 0.453 e. The number of ether oxygens (including phenoxy) is 1. The molecule has 276 valence electrons. The lowest BCUT2D eigenvalue weighted by molar-refractivity contribution is 0.477. The van der Waals surface area contributed by atoms with Gasteiger partial charge in [-0.3, -0.25) is 0 Å². The summed E-state index contributed by atoms with van der Waals surface area (Å²) >= 11 is 0. The third kappa shape index (κ3) is 5.40. The second-order valence-electron chi connectivity index (χ2n) is 15.0. The summed E-state index contributed by atoms with van der Waals surface area (Å²) in [5, 5.41) is 5.86. The van der Waals surface area contributed by atoms with Crippen LogP contribution in [0.5, 0.6) is 11.5 Å². The maximum Gasteiger partial charge on any atom is 0.160 e. The average molecular weight is 755 g/mol. The maximum atomic E-state index is 6.62. The Morgan fingerprint density at radius 3 is 1.97 bits per heavy atom. The zero-order valence-corrected chi connectivity index (χ0v) is 31.8. The van der Waals surface area contributed by atoms with Crippen LogP contribution in [0.25, 0.3) is 82.9 Å². The van der Waals surface area contributed by atoms with E-state index < -0.39 is 0 Å². The Kier molecular flexibility index (Phi) is 7.47. The lowest BCUT2D eigenvalue weighted by Crippen LogP contribution is -2.15. The summed E-state index contributed by atoms with van der Waals surface area (Å²) in [6, 6.07) is 72.5. The summed E-state index contributed by atoms with van der Waals surface area (Å²) in [5.41, 5.74) is 12.5. The molecule has 0 N–H and O–H groups in total. The van der Waals surface area contributed by atoms with Crippen LogP contribution in [0.3, 0.4) is 0 Å². The first kappa shape index (κ1) is 33.2. The monoisotopic (exact) mass is 754 g/mol. The number of aromatic nitrogens is 3. The molecule has 12 rings (SSSR count). The molecule has 0 saturated carbocycles. The third-order valence-electron chi connectivity index (χ3n) is 11.5. The number of hydrogen-bond acceptors (Lipinski definition) is 4. The van der Waals surface area contributed by atoms with E-state index in [0.29, 0.717) is 5.82 Å². The van der Waals surface area contributed by atoms with Gasteiger partial charge in [0, 0.05) is 38.7 Å². The fourth-order valence-corrected chi connectivity index (χ4v) is 8.85. The fraction of sp³-hybridized carbons (Fsp3) is 0. The zero-order valence-electron chi connectivity index (χ0n) is 31.8. The van der Waals surface area contributed by atoms with E-state index in [4.69, 9.17) is 14.7 Å². The van der Waals surface area contributed by atoms with Crippen LogP contribution in [0.2, 0.25) is 0 Å². The molecule has 0 aliphatic carbocycles. The molecule has 1 aliphatic heterocycles. The highest BCUT2D eigenvalue weighted by atomic mass is 16.5. The van der Waals surface area contributed by atoms with Crippen LogP contribution >= 0.6 is 0 Å². The summed E-state index contributed by atoms with van der Waals surface area (Å²) in [7, 11) is 0. The van der Waals surface area contributed by atoms with Crippen molar-refractivity contribution in [3.63, 3.8) is 0 Å². The number of para-hydroxylation sites is 4. The zero-order chi connectivity index (χ0) is 38.9. The van der Waals surface area contributed by atoms with E-state index in [0.717, 1.165) is 84.1 Å². The molecule has 3 heterocycles. The number of benzene rings is 9. The van der Waals surface area contributed by atoms with Crippen LogP contribution in [-0.4, -0.2) is 14.5 Å². The molecule has 0 unspecified atom stereocenters. The van der Waals surface area contributed by atoms with Gasteiger partial charge in [0.1, 0.15) is 0 Å². The Bertz CT molecular complexity index is 3430. The molecule has 11 aromatic rings. The molecule has 0 fully saturated rings. The second kappa shape index (κ2) is 13.3. The number of nitrogens with zero attached hydrogens (tertiary/aromatic N) is 4. The quantitative estimate of drug-likeness (QED) is 0.175. The van der Waals surface area contributed by atoms with E-state index in [9.17, 15) is 0 Å². The molecule has 0 radical (unpaired) electrons. The lowest BCUT2D eigenvalue weighted by atomic mass is 9.99. The van der Waals surface area contributed by atoms with Crippen LogP contribution in [0.4, 0.5) is 17.1 Å². The SMILES string of the molecule is c1ccc(-c2nc(-c3cccc(-n4c5ccc(-c6ccc7c(c6)Oc6ccccc6N7c6ccccc6)cc5c5c6ccccc6ccc54)c3)nc3ccccc23)cc1. The Hall–Kier alpha value is -8.02. The molecule has 0 atom stereocenters. The van der Waals surface area contributed by atoms with Crippen LogP contribution in [0.1, 0.15) is 0 Å². The molecule has 0 bridgehead atoms. The van der Waals surface area contributed by atoms with Gasteiger partial charge in [0.15, 0.2) is 17.3 Å². The van der Waals surface area contributed by atoms with Crippen LogP contribution in [0.15, 0.2) is 206 Å². The van der Waals surface area contributed by atoms with Crippen LogP contribution in [0, 0.1) is 0 Å². The molecule has 0 saturated heterocycles. The summed E-state index contributed by atoms with van der Waals surface area (Å²) in [4.78, 5) is 12.6. The van der Waals surface area contributed by atoms with Crippen molar-refractivity contribution >= 4 is 60.5 Å². The van der Waals surface area contributed by atoms with Crippen molar-refractivity contribution in [1.29, 1.82) is 0 Å². The highest BCUT2D eigenvalue weighted by molar-refractivity contribution is 6.22. The topological polar surface area (TPSA) is 43.2 Å². The standard InChI is InChI=1S/C54H34N4O/c1-3-15-36(16-4-1)53-43-22-9-10-23-45(43)55-54(56-53)39-17-13-20-41(32-39)58-46-29-27-37(33-44(46)52-42-21-8-7-14-35(42)26-31-49(52)58)38-28-30-48-51(34-38)59-50-25-12-11-24-47(50)57(48)40-18-5-2-6-19-40/h1-34H. The Labute approximate surface area is 340 Å². The van der Waals surface area contributed by atoms with Gasteiger partial charge >= 0.3 is 0 Å². The van der Waals surface area contributed by atoms with E-state index in [1.165, 1.54) is 21.5 Å². The molecule has 5 heteroatoms. The van der Waals surface area contributed by atoms with Crippen LogP contribution in [-0.2, 0) is 0 Å². The normalized spacial score (nSPS) is 12.2. The molecule has 2 aromatic heterocycles. The second-order valence-corrected chi connectivity index (χ2v) is 15.0. The van der Waals surface area contributed by atoms with Gasteiger partial charge in [-0.1, -0.05) is 133 Å². The van der Waals surface area contributed by atoms with Crippen molar-refractivity contribution in [3.05, 3.63) is 206 Å². The van der Waals surface area contributed by atoms with Crippen molar-refractivity contribution in [2.75, 3.05) is 4.90 Å². The van der Waals surface area contributed by atoms with Gasteiger partial charge < -0.3 is 14.2 Å². The van der Waals surface area contributed by atoms with Crippen molar-refractivity contribution < 1.29 is 4.74 Å². The van der Waals surface area contributed by atoms with Gasteiger partial charge in [-0.2, -0.15) is 0 Å². The Morgan fingerprint density at radius 2 is 1.07 bits per heavy atom. The van der Waals surface area contributed by atoms with Crippen molar-refractivity contribution in [2.24, 2.45) is 0 Å². The Balaban J connectivity index is 1.02. The minimum atomic E-state index is 0.695. The minimum absolute atomic E-state index is 0.695. The Morgan fingerprint density at radius 1 is 0.390 bits per heavy atom. The van der Waals surface area contributed by atoms with Gasteiger partial charge in [-0.25, -0.2) is 9.97 Å². The lowest BCUT2D eigenvalue weighted by Gasteiger charge is -2.33. The van der Waals surface area contributed by atoms with E-state index in [-0.39, 0.29) is 0 Å². The third-order valence-corrected chi connectivity index (χ3v) is 11.5. The summed E-state index contributed by atoms with van der Waals surface area (Å²) in [6.45, 7) is 0. The first-order valence-corrected chi connectivity index (χ1v) is 19.9. The van der Waals surface area contributed by atoms with Gasteiger partial charge in [0.05, 0.1) is 33.6 Å².